The average Bonchev–Trinajstić information content (AvgIpc) is 3.07. The van der Waals surface area contributed by atoms with Crippen LogP contribution in [0.25, 0.3) is 0 Å². The predicted octanol–water partition coefficient (Wildman–Crippen LogP) is 3.21. The van der Waals surface area contributed by atoms with Crippen LogP contribution in [-0.2, 0) is 16.2 Å². The zero-order valence-electron chi connectivity index (χ0n) is 13.2. The Balaban J connectivity index is 1.92. The van der Waals surface area contributed by atoms with Crippen LogP contribution in [0.15, 0.2) is 35.4 Å². The second kappa shape index (κ2) is 6.62. The second-order valence-corrected chi connectivity index (χ2v) is 7.80. The Hall–Kier alpha value is -2.01. The molecule has 1 aromatic heterocycles. The highest BCUT2D eigenvalue weighted by atomic mass is 32.2. The summed E-state index contributed by atoms with van der Waals surface area (Å²) < 4.78 is 93.2. The molecule has 1 atom stereocenters. The van der Waals surface area contributed by atoms with Crippen molar-refractivity contribution in [2.45, 2.75) is 30.0 Å². The molecule has 1 fully saturated rings. The first-order valence-electron chi connectivity index (χ1n) is 7.66. The Kier molecular flexibility index (Phi) is 4.78. The molecule has 0 N–H and O–H groups in total. The molecule has 0 bridgehead atoms. The third kappa shape index (κ3) is 3.45. The van der Waals surface area contributed by atoms with Crippen molar-refractivity contribution in [3.8, 4) is 0 Å². The molecule has 2 heterocycles. The fourth-order valence-electron chi connectivity index (χ4n) is 2.98. The molecular formula is C15H14F5N3O2S. The first-order valence-corrected chi connectivity index (χ1v) is 9.10. The predicted molar refractivity (Wildman–Crippen MR) is 80.6 cm³/mol. The molecule has 142 valence electrons. The molecule has 0 saturated carbocycles. The van der Waals surface area contributed by atoms with Crippen LogP contribution in [0.1, 0.15) is 24.6 Å². The molecule has 3 rings (SSSR count). The number of nitrogens with zero attached hydrogens (tertiary/aromatic N) is 3. The quantitative estimate of drug-likeness (QED) is 0.750. The SMILES string of the molecule is O=S(=O)(c1cc(F)ccc1F)N1CCC[C@H](n2nccc2C(F)(F)F)C1. The molecule has 1 aliphatic rings. The lowest BCUT2D eigenvalue weighted by Gasteiger charge is -2.33. The lowest BCUT2D eigenvalue weighted by atomic mass is 10.1. The summed E-state index contributed by atoms with van der Waals surface area (Å²) in [5.41, 5.74) is -0.987. The number of rotatable bonds is 3. The Labute approximate surface area is 146 Å². The summed E-state index contributed by atoms with van der Waals surface area (Å²) in [6.07, 6.45) is -3.10. The van der Waals surface area contributed by atoms with Gasteiger partial charge in [0.2, 0.25) is 10.0 Å². The summed E-state index contributed by atoms with van der Waals surface area (Å²) in [7, 11) is -4.39. The monoisotopic (exact) mass is 395 g/mol. The fraction of sp³-hybridized carbons (Fsp3) is 0.400. The van der Waals surface area contributed by atoms with Gasteiger partial charge in [0, 0.05) is 19.3 Å². The third-order valence-electron chi connectivity index (χ3n) is 4.18. The van der Waals surface area contributed by atoms with Gasteiger partial charge in [-0.15, -0.1) is 0 Å². The van der Waals surface area contributed by atoms with Gasteiger partial charge in [-0.2, -0.15) is 22.6 Å². The minimum atomic E-state index is -4.63. The standard InChI is InChI=1S/C15H14F5N3O2S/c16-10-3-4-12(17)13(8-10)26(24,25)22-7-1-2-11(9-22)23-14(5-6-21-23)15(18,19)20/h3-6,8,11H,1-2,7,9H2/t11-/m0/s1. The Morgan fingerprint density at radius 2 is 1.88 bits per heavy atom. The molecule has 11 heteroatoms. The summed E-state index contributed by atoms with van der Waals surface area (Å²) in [6, 6.07) is 1.98. The molecular weight excluding hydrogens is 381 g/mol. The highest BCUT2D eigenvalue weighted by Gasteiger charge is 2.39. The van der Waals surface area contributed by atoms with Gasteiger partial charge in [-0.3, -0.25) is 4.68 Å². The van der Waals surface area contributed by atoms with Crippen LogP contribution < -0.4 is 0 Å². The Morgan fingerprint density at radius 3 is 2.58 bits per heavy atom. The van der Waals surface area contributed by atoms with Gasteiger partial charge >= 0.3 is 6.18 Å². The second-order valence-electron chi connectivity index (χ2n) is 5.89. The molecule has 0 unspecified atom stereocenters. The van der Waals surface area contributed by atoms with Crippen LogP contribution in [0.2, 0.25) is 0 Å². The van der Waals surface area contributed by atoms with Crippen molar-refractivity contribution in [3.05, 3.63) is 47.8 Å². The van der Waals surface area contributed by atoms with Gasteiger partial charge < -0.3 is 0 Å². The van der Waals surface area contributed by atoms with Crippen molar-refractivity contribution in [2.24, 2.45) is 0 Å². The third-order valence-corrected chi connectivity index (χ3v) is 6.06. The van der Waals surface area contributed by atoms with Gasteiger partial charge in [0.05, 0.1) is 6.04 Å². The molecule has 1 aliphatic heterocycles. The molecule has 26 heavy (non-hydrogen) atoms. The number of sulfonamides is 1. The van der Waals surface area contributed by atoms with Crippen molar-refractivity contribution < 1.29 is 30.4 Å². The van der Waals surface area contributed by atoms with Gasteiger partial charge in [0.15, 0.2) is 0 Å². The fourth-order valence-corrected chi connectivity index (χ4v) is 4.57. The molecule has 2 aromatic rings. The van der Waals surface area contributed by atoms with Gasteiger partial charge in [-0.05, 0) is 37.1 Å². The number of hydrogen-bond donors (Lipinski definition) is 0. The van der Waals surface area contributed by atoms with Crippen molar-refractivity contribution >= 4 is 10.0 Å². The lowest BCUT2D eigenvalue weighted by molar-refractivity contribution is -0.145. The van der Waals surface area contributed by atoms with E-state index in [1.807, 2.05) is 0 Å². The van der Waals surface area contributed by atoms with Crippen molar-refractivity contribution in [2.75, 3.05) is 13.1 Å². The van der Waals surface area contributed by atoms with E-state index in [4.69, 9.17) is 0 Å². The summed E-state index contributed by atoms with van der Waals surface area (Å²) in [5.74, 6) is -2.05. The van der Waals surface area contributed by atoms with Gasteiger partial charge in [0.1, 0.15) is 22.2 Å². The molecule has 1 saturated heterocycles. The van der Waals surface area contributed by atoms with E-state index < -0.39 is 44.5 Å². The van der Waals surface area contributed by atoms with Crippen molar-refractivity contribution in [3.63, 3.8) is 0 Å². The summed E-state index contributed by atoms with van der Waals surface area (Å²) in [6.45, 7) is -0.319. The maximum absolute atomic E-state index is 13.9. The summed E-state index contributed by atoms with van der Waals surface area (Å²) in [4.78, 5) is -0.838. The zero-order valence-corrected chi connectivity index (χ0v) is 14.1. The highest BCUT2D eigenvalue weighted by Crippen LogP contribution is 2.34. The number of piperidine rings is 1. The molecule has 0 aliphatic carbocycles. The minimum absolute atomic E-state index is 0.00257. The zero-order chi connectivity index (χ0) is 19.1. The molecule has 0 radical (unpaired) electrons. The van der Waals surface area contributed by atoms with Crippen LogP contribution in [-0.4, -0.2) is 35.6 Å². The number of alkyl halides is 3. The first-order chi connectivity index (χ1) is 12.1. The van der Waals surface area contributed by atoms with E-state index in [0.29, 0.717) is 12.1 Å². The smallest absolute Gasteiger partial charge is 0.256 e. The average molecular weight is 395 g/mol. The van der Waals surface area contributed by atoms with E-state index in [1.165, 1.54) is 0 Å². The van der Waals surface area contributed by atoms with Crippen LogP contribution in [0.5, 0.6) is 0 Å². The van der Waals surface area contributed by atoms with E-state index in [9.17, 15) is 30.4 Å². The van der Waals surface area contributed by atoms with E-state index in [0.717, 1.165) is 27.3 Å². The number of aromatic nitrogens is 2. The normalized spacial score (nSPS) is 19.7. The molecule has 5 nitrogen and oxygen atoms in total. The maximum atomic E-state index is 13.9. The Bertz CT molecular complexity index is 910. The van der Waals surface area contributed by atoms with Crippen molar-refractivity contribution in [1.29, 1.82) is 0 Å². The topological polar surface area (TPSA) is 55.2 Å². The van der Waals surface area contributed by atoms with Gasteiger partial charge in [-0.1, -0.05) is 0 Å². The van der Waals surface area contributed by atoms with Crippen LogP contribution in [0.3, 0.4) is 0 Å². The largest absolute Gasteiger partial charge is 0.433 e. The Morgan fingerprint density at radius 1 is 1.15 bits per heavy atom. The summed E-state index contributed by atoms with van der Waals surface area (Å²) >= 11 is 0. The van der Waals surface area contributed by atoms with E-state index in [1.54, 1.807) is 0 Å². The van der Waals surface area contributed by atoms with Gasteiger partial charge in [-0.25, -0.2) is 17.2 Å². The first kappa shape index (κ1) is 18.8. The highest BCUT2D eigenvalue weighted by molar-refractivity contribution is 7.89. The molecule has 1 aromatic carbocycles. The van der Waals surface area contributed by atoms with E-state index >= 15 is 0 Å². The number of hydrogen-bond acceptors (Lipinski definition) is 3. The van der Waals surface area contributed by atoms with Crippen LogP contribution in [0.4, 0.5) is 22.0 Å². The number of benzene rings is 1. The lowest BCUT2D eigenvalue weighted by Crippen LogP contribution is -2.41. The molecule has 0 spiro atoms. The number of halogens is 5. The van der Waals surface area contributed by atoms with Crippen LogP contribution in [0, 0.1) is 11.6 Å². The maximum Gasteiger partial charge on any atom is 0.433 e. The minimum Gasteiger partial charge on any atom is -0.256 e. The van der Waals surface area contributed by atoms with E-state index in [2.05, 4.69) is 5.10 Å². The summed E-state index contributed by atoms with van der Waals surface area (Å²) in [5, 5.41) is 3.67. The van der Waals surface area contributed by atoms with Crippen molar-refractivity contribution in [1.82, 2.24) is 14.1 Å². The van der Waals surface area contributed by atoms with E-state index in [-0.39, 0.29) is 25.9 Å². The van der Waals surface area contributed by atoms with Crippen LogP contribution >= 0.6 is 0 Å². The van der Waals surface area contributed by atoms with Gasteiger partial charge in [0.25, 0.3) is 0 Å². The molecule has 0 amide bonds.